The fraction of sp³-hybridized carbons (Fsp3) is 0.276. The zero-order valence-electron chi connectivity index (χ0n) is 21.6. The standard InChI is InChI=1S/C29H28N6O3/c1-19-4-8-21(9-5-19)26(22-10-6-20(2)7-11-22)33-14-16-34(17-15-33)27-25-24(13-12-23(18-30)31-25)32(3)29(36)28(27)35(37)38/h4-13,26H,14-17H2,1-3H3. The molecule has 0 amide bonds. The second-order valence-corrected chi connectivity index (χ2v) is 9.74. The first kappa shape index (κ1) is 25.1. The summed E-state index contributed by atoms with van der Waals surface area (Å²) in [6, 6.07) is 22.2. The molecule has 0 spiro atoms. The van der Waals surface area contributed by atoms with E-state index in [9.17, 15) is 20.2 Å². The highest BCUT2D eigenvalue weighted by atomic mass is 16.6. The molecular weight excluding hydrogens is 480 g/mol. The van der Waals surface area contributed by atoms with Gasteiger partial charge in [0.2, 0.25) is 0 Å². The maximum Gasteiger partial charge on any atom is 0.359 e. The molecular formula is C29H28N6O3. The molecule has 0 atom stereocenters. The lowest BCUT2D eigenvalue weighted by molar-refractivity contribution is -0.385. The Morgan fingerprint density at radius 3 is 1.97 bits per heavy atom. The van der Waals surface area contributed by atoms with E-state index in [2.05, 4.69) is 72.3 Å². The van der Waals surface area contributed by atoms with Crippen LogP contribution in [0.5, 0.6) is 0 Å². The average molecular weight is 509 g/mol. The highest BCUT2D eigenvalue weighted by molar-refractivity contribution is 5.94. The molecule has 1 saturated heterocycles. The van der Waals surface area contributed by atoms with Crippen molar-refractivity contribution in [3.63, 3.8) is 0 Å². The summed E-state index contributed by atoms with van der Waals surface area (Å²) in [6.45, 7) is 6.31. The quantitative estimate of drug-likeness (QED) is 0.293. The first-order valence-electron chi connectivity index (χ1n) is 12.5. The first-order valence-corrected chi connectivity index (χ1v) is 12.5. The lowest BCUT2D eigenvalue weighted by atomic mass is 9.95. The van der Waals surface area contributed by atoms with E-state index in [1.807, 2.05) is 11.0 Å². The van der Waals surface area contributed by atoms with Crippen LogP contribution in [0.4, 0.5) is 11.4 Å². The molecule has 38 heavy (non-hydrogen) atoms. The summed E-state index contributed by atoms with van der Waals surface area (Å²) < 4.78 is 1.23. The van der Waals surface area contributed by atoms with Crippen LogP contribution in [-0.2, 0) is 7.05 Å². The molecule has 1 aliphatic rings. The normalized spacial score (nSPS) is 14.1. The molecule has 2 aromatic heterocycles. The van der Waals surface area contributed by atoms with Crippen LogP contribution in [0.1, 0.15) is 34.0 Å². The summed E-state index contributed by atoms with van der Waals surface area (Å²) in [6.07, 6.45) is 0. The van der Waals surface area contributed by atoms with Crippen LogP contribution in [0.15, 0.2) is 65.5 Å². The summed E-state index contributed by atoms with van der Waals surface area (Å²) in [5.74, 6) is 0. The minimum absolute atomic E-state index is 0.0250. The summed E-state index contributed by atoms with van der Waals surface area (Å²) in [5, 5.41) is 21.5. The molecule has 0 radical (unpaired) electrons. The molecule has 3 heterocycles. The van der Waals surface area contributed by atoms with Crippen molar-refractivity contribution in [2.75, 3.05) is 31.1 Å². The smallest absolute Gasteiger partial charge is 0.359 e. The van der Waals surface area contributed by atoms with Crippen molar-refractivity contribution in [1.29, 1.82) is 5.26 Å². The zero-order chi connectivity index (χ0) is 27.0. The molecule has 192 valence electrons. The van der Waals surface area contributed by atoms with Crippen LogP contribution in [0.3, 0.4) is 0 Å². The summed E-state index contributed by atoms with van der Waals surface area (Å²) in [4.78, 5) is 33.1. The van der Waals surface area contributed by atoms with E-state index in [0.29, 0.717) is 37.2 Å². The van der Waals surface area contributed by atoms with Gasteiger partial charge in [-0.15, -0.1) is 0 Å². The maximum absolute atomic E-state index is 13.0. The van der Waals surface area contributed by atoms with Gasteiger partial charge in [-0.2, -0.15) is 5.26 Å². The minimum atomic E-state index is -0.691. The number of nitrogens with zero attached hydrogens (tertiary/aromatic N) is 6. The molecule has 0 N–H and O–H groups in total. The zero-order valence-corrected chi connectivity index (χ0v) is 21.6. The van der Waals surface area contributed by atoms with Crippen molar-refractivity contribution in [3.05, 3.63) is 109 Å². The first-order chi connectivity index (χ1) is 18.3. The number of anilines is 1. The van der Waals surface area contributed by atoms with Gasteiger partial charge in [0, 0.05) is 33.2 Å². The molecule has 1 fully saturated rings. The topological polar surface area (TPSA) is 108 Å². The van der Waals surface area contributed by atoms with E-state index in [4.69, 9.17) is 0 Å². The Bertz CT molecular complexity index is 1570. The molecule has 4 aromatic rings. The second-order valence-electron chi connectivity index (χ2n) is 9.74. The van der Waals surface area contributed by atoms with Gasteiger partial charge < -0.3 is 9.47 Å². The SMILES string of the molecule is Cc1ccc(C(c2ccc(C)cc2)N2CCN(c3c([N+](=O)[O-])c(=O)n(C)c4ccc(C#N)nc34)CC2)cc1. The largest absolute Gasteiger partial charge is 0.361 e. The van der Waals surface area contributed by atoms with Gasteiger partial charge in [0.05, 0.1) is 16.5 Å². The van der Waals surface area contributed by atoms with Crippen LogP contribution in [0.25, 0.3) is 11.0 Å². The van der Waals surface area contributed by atoms with Gasteiger partial charge >= 0.3 is 11.2 Å². The number of aryl methyl sites for hydroxylation is 3. The average Bonchev–Trinajstić information content (AvgIpc) is 2.92. The fourth-order valence-corrected chi connectivity index (χ4v) is 5.22. The molecule has 0 aliphatic carbocycles. The van der Waals surface area contributed by atoms with Crippen molar-refractivity contribution in [1.82, 2.24) is 14.5 Å². The lowest BCUT2D eigenvalue weighted by Gasteiger charge is -2.40. The number of fused-ring (bicyclic) bond motifs is 1. The number of hydrogen-bond donors (Lipinski definition) is 0. The number of nitro groups is 1. The number of hydrogen-bond acceptors (Lipinski definition) is 7. The third-order valence-corrected chi connectivity index (χ3v) is 7.27. The Morgan fingerprint density at radius 2 is 1.47 bits per heavy atom. The van der Waals surface area contributed by atoms with E-state index in [0.717, 1.165) is 0 Å². The highest BCUT2D eigenvalue weighted by Gasteiger charge is 2.33. The third-order valence-electron chi connectivity index (χ3n) is 7.27. The van der Waals surface area contributed by atoms with E-state index in [-0.39, 0.29) is 17.4 Å². The van der Waals surface area contributed by atoms with Crippen molar-refractivity contribution in [2.24, 2.45) is 7.05 Å². The monoisotopic (exact) mass is 508 g/mol. The Morgan fingerprint density at radius 1 is 0.921 bits per heavy atom. The van der Waals surface area contributed by atoms with E-state index >= 15 is 0 Å². The van der Waals surface area contributed by atoms with Gasteiger partial charge in [0.1, 0.15) is 17.3 Å². The Kier molecular flexibility index (Phi) is 6.66. The van der Waals surface area contributed by atoms with Gasteiger partial charge in [-0.3, -0.25) is 19.8 Å². The minimum Gasteiger partial charge on any atom is -0.361 e. The Hall–Kier alpha value is -4.55. The lowest BCUT2D eigenvalue weighted by Crippen LogP contribution is -2.48. The number of aromatic nitrogens is 2. The van der Waals surface area contributed by atoms with Crippen LogP contribution >= 0.6 is 0 Å². The number of pyridine rings is 2. The second kappa shape index (κ2) is 10.1. The van der Waals surface area contributed by atoms with Crippen LogP contribution in [0, 0.1) is 35.3 Å². The van der Waals surface area contributed by atoms with Gasteiger partial charge in [-0.25, -0.2) is 4.98 Å². The summed E-state index contributed by atoms with van der Waals surface area (Å²) in [7, 11) is 1.49. The number of nitriles is 1. The predicted octanol–water partition coefficient (Wildman–Crippen LogP) is 4.24. The third kappa shape index (κ3) is 4.51. The summed E-state index contributed by atoms with van der Waals surface area (Å²) >= 11 is 0. The van der Waals surface area contributed by atoms with Crippen LogP contribution in [0.2, 0.25) is 0 Å². The van der Waals surface area contributed by atoms with Gasteiger partial charge in [0.25, 0.3) is 0 Å². The number of piperazine rings is 1. The van der Waals surface area contributed by atoms with E-state index in [1.54, 1.807) is 6.07 Å². The summed E-state index contributed by atoms with van der Waals surface area (Å²) in [5.41, 5.74) is 4.61. The van der Waals surface area contributed by atoms with Gasteiger partial charge in [-0.1, -0.05) is 59.7 Å². The number of benzene rings is 2. The van der Waals surface area contributed by atoms with Crippen molar-refractivity contribution in [2.45, 2.75) is 19.9 Å². The molecule has 0 unspecified atom stereocenters. The van der Waals surface area contributed by atoms with Gasteiger partial charge in [-0.05, 0) is 37.1 Å². The predicted molar refractivity (Wildman–Crippen MR) is 146 cm³/mol. The van der Waals surface area contributed by atoms with Gasteiger partial charge in [0.15, 0.2) is 5.69 Å². The molecule has 0 saturated carbocycles. The molecule has 2 aromatic carbocycles. The Labute approximate surface area is 220 Å². The van der Waals surface area contributed by atoms with Crippen molar-refractivity contribution >= 4 is 22.4 Å². The van der Waals surface area contributed by atoms with E-state index < -0.39 is 16.2 Å². The molecule has 0 bridgehead atoms. The van der Waals surface area contributed by atoms with Crippen molar-refractivity contribution < 1.29 is 4.92 Å². The maximum atomic E-state index is 13.0. The molecule has 5 rings (SSSR count). The van der Waals surface area contributed by atoms with Crippen LogP contribution in [-0.4, -0.2) is 45.6 Å². The highest BCUT2D eigenvalue weighted by Crippen LogP contribution is 2.35. The molecule has 1 aliphatic heterocycles. The van der Waals surface area contributed by atoms with Crippen LogP contribution < -0.4 is 10.5 Å². The molecule has 9 heteroatoms. The number of rotatable bonds is 5. The van der Waals surface area contributed by atoms with Crippen molar-refractivity contribution in [3.8, 4) is 6.07 Å². The van der Waals surface area contributed by atoms with E-state index in [1.165, 1.54) is 39.9 Å². The Balaban J connectivity index is 1.54. The molecule has 9 nitrogen and oxygen atoms in total. The fourth-order valence-electron chi connectivity index (χ4n) is 5.22.